The summed E-state index contributed by atoms with van der Waals surface area (Å²) in [5.41, 5.74) is 9.66. The van der Waals surface area contributed by atoms with Gasteiger partial charge in [-0.05, 0) is 36.4 Å². The molecule has 0 fully saturated rings. The molecule has 0 saturated heterocycles. The molecule has 0 saturated carbocycles. The van der Waals surface area contributed by atoms with Crippen molar-refractivity contribution >= 4 is 35.2 Å². The molecule has 0 aliphatic rings. The summed E-state index contributed by atoms with van der Waals surface area (Å²) < 4.78 is 0. The maximum atomic E-state index is 11.1. The number of nitrogens with two attached hydrogens (primary N) is 1. The average Bonchev–Trinajstić information content (AvgIpc) is 2.62. The number of nitrogens with one attached hydrogen (secondary N) is 2. The number of benzene rings is 2. The van der Waals surface area contributed by atoms with Crippen LogP contribution in [0.5, 0.6) is 0 Å². The lowest BCUT2D eigenvalue weighted by molar-refractivity contribution is -0.114. The summed E-state index contributed by atoms with van der Waals surface area (Å²) in [5.74, 6) is 0.290. The first-order chi connectivity index (χ1) is 12.5. The first kappa shape index (κ1) is 17.1. The van der Waals surface area contributed by atoms with Crippen LogP contribution in [0.4, 0.5) is 23.0 Å². The van der Waals surface area contributed by atoms with Gasteiger partial charge in [0.05, 0.1) is 5.69 Å². The SMILES string of the molecule is CC(=O)Nc1ccc(-c2ccnc(Nc3ccc(C=O)c(N)c3)n2)cc1. The quantitative estimate of drug-likeness (QED) is 0.483. The van der Waals surface area contributed by atoms with Crippen molar-refractivity contribution in [2.24, 2.45) is 0 Å². The van der Waals surface area contributed by atoms with Crippen molar-refractivity contribution in [1.29, 1.82) is 0 Å². The monoisotopic (exact) mass is 347 g/mol. The van der Waals surface area contributed by atoms with Gasteiger partial charge in [0, 0.05) is 41.3 Å². The predicted molar refractivity (Wildman–Crippen MR) is 101 cm³/mol. The zero-order chi connectivity index (χ0) is 18.5. The van der Waals surface area contributed by atoms with Gasteiger partial charge in [0.15, 0.2) is 6.29 Å². The highest BCUT2D eigenvalue weighted by molar-refractivity contribution is 5.89. The molecule has 0 aliphatic heterocycles. The summed E-state index contributed by atoms with van der Waals surface area (Å²) in [4.78, 5) is 30.6. The molecule has 130 valence electrons. The Balaban J connectivity index is 1.80. The summed E-state index contributed by atoms with van der Waals surface area (Å²) in [6.45, 7) is 1.46. The van der Waals surface area contributed by atoms with Crippen molar-refractivity contribution in [1.82, 2.24) is 9.97 Å². The average molecular weight is 347 g/mol. The minimum atomic E-state index is -0.119. The fourth-order valence-corrected chi connectivity index (χ4v) is 2.40. The predicted octanol–water partition coefficient (Wildman–Crippen LogP) is 3.24. The van der Waals surface area contributed by atoms with E-state index in [4.69, 9.17) is 5.73 Å². The van der Waals surface area contributed by atoms with Gasteiger partial charge in [-0.2, -0.15) is 0 Å². The normalized spacial score (nSPS) is 10.2. The number of hydrogen-bond donors (Lipinski definition) is 3. The van der Waals surface area contributed by atoms with Crippen LogP contribution >= 0.6 is 0 Å². The van der Waals surface area contributed by atoms with E-state index in [2.05, 4.69) is 20.6 Å². The van der Waals surface area contributed by atoms with Crippen molar-refractivity contribution in [3.8, 4) is 11.3 Å². The van der Waals surface area contributed by atoms with Crippen LogP contribution in [-0.2, 0) is 4.79 Å². The fraction of sp³-hybridized carbons (Fsp3) is 0.0526. The zero-order valence-corrected chi connectivity index (χ0v) is 14.1. The molecular weight excluding hydrogens is 330 g/mol. The topological polar surface area (TPSA) is 110 Å². The molecule has 0 unspecified atom stereocenters. The van der Waals surface area contributed by atoms with Gasteiger partial charge in [-0.3, -0.25) is 9.59 Å². The van der Waals surface area contributed by atoms with E-state index in [1.54, 1.807) is 30.5 Å². The van der Waals surface area contributed by atoms with Crippen molar-refractivity contribution in [3.63, 3.8) is 0 Å². The number of carbonyl (C=O) groups is 2. The van der Waals surface area contributed by atoms with E-state index in [0.717, 1.165) is 16.9 Å². The molecule has 2 aromatic carbocycles. The van der Waals surface area contributed by atoms with Crippen LogP contribution in [0.25, 0.3) is 11.3 Å². The van der Waals surface area contributed by atoms with E-state index in [-0.39, 0.29) is 5.91 Å². The number of nitrogens with zero attached hydrogens (tertiary/aromatic N) is 2. The zero-order valence-electron chi connectivity index (χ0n) is 14.1. The number of amides is 1. The van der Waals surface area contributed by atoms with Gasteiger partial charge in [-0.1, -0.05) is 12.1 Å². The number of aldehydes is 1. The van der Waals surface area contributed by atoms with E-state index in [1.807, 2.05) is 24.3 Å². The maximum Gasteiger partial charge on any atom is 0.227 e. The van der Waals surface area contributed by atoms with Crippen molar-refractivity contribution in [2.75, 3.05) is 16.4 Å². The van der Waals surface area contributed by atoms with Crippen LogP contribution in [0.3, 0.4) is 0 Å². The molecule has 0 aliphatic carbocycles. The largest absolute Gasteiger partial charge is 0.398 e. The molecule has 7 heteroatoms. The summed E-state index contributed by atoms with van der Waals surface area (Å²) in [6, 6.07) is 14.2. The van der Waals surface area contributed by atoms with Crippen LogP contribution < -0.4 is 16.4 Å². The minimum Gasteiger partial charge on any atom is -0.398 e. The maximum absolute atomic E-state index is 11.1. The standard InChI is InChI=1S/C19H17N5O2/c1-12(26)22-15-5-2-13(3-6-15)18-8-9-21-19(24-18)23-16-7-4-14(11-25)17(20)10-16/h2-11H,20H2,1H3,(H,22,26)(H,21,23,24). The third kappa shape index (κ3) is 4.02. The lowest BCUT2D eigenvalue weighted by Crippen LogP contribution is -2.05. The molecule has 0 bridgehead atoms. The second kappa shape index (κ2) is 7.43. The molecule has 3 rings (SSSR count). The van der Waals surface area contributed by atoms with E-state index < -0.39 is 0 Å². The van der Waals surface area contributed by atoms with Gasteiger partial charge in [-0.15, -0.1) is 0 Å². The van der Waals surface area contributed by atoms with Gasteiger partial charge < -0.3 is 16.4 Å². The number of hydrogen-bond acceptors (Lipinski definition) is 6. The third-order valence-electron chi connectivity index (χ3n) is 3.63. The molecule has 1 heterocycles. The summed E-state index contributed by atoms with van der Waals surface area (Å²) in [7, 11) is 0. The van der Waals surface area contributed by atoms with Crippen molar-refractivity contribution in [2.45, 2.75) is 6.92 Å². The number of nitrogen functional groups attached to an aromatic ring is 1. The van der Waals surface area contributed by atoms with Gasteiger partial charge in [-0.25, -0.2) is 9.97 Å². The first-order valence-electron chi connectivity index (χ1n) is 7.88. The van der Waals surface area contributed by atoms with Gasteiger partial charge in [0.1, 0.15) is 0 Å². The second-order valence-electron chi connectivity index (χ2n) is 5.61. The molecule has 0 atom stereocenters. The molecule has 7 nitrogen and oxygen atoms in total. The Morgan fingerprint density at radius 3 is 2.46 bits per heavy atom. The minimum absolute atomic E-state index is 0.119. The van der Waals surface area contributed by atoms with E-state index >= 15 is 0 Å². The number of rotatable bonds is 5. The van der Waals surface area contributed by atoms with Gasteiger partial charge >= 0.3 is 0 Å². The fourth-order valence-electron chi connectivity index (χ4n) is 2.40. The van der Waals surface area contributed by atoms with E-state index in [1.165, 1.54) is 6.92 Å². The Hall–Kier alpha value is -3.74. The molecule has 3 aromatic rings. The lowest BCUT2D eigenvalue weighted by atomic mass is 10.1. The highest BCUT2D eigenvalue weighted by Gasteiger charge is 2.05. The van der Waals surface area contributed by atoms with Crippen molar-refractivity contribution in [3.05, 3.63) is 60.3 Å². The highest BCUT2D eigenvalue weighted by atomic mass is 16.1. The molecule has 4 N–H and O–H groups in total. The molecule has 26 heavy (non-hydrogen) atoms. The molecule has 0 spiro atoms. The van der Waals surface area contributed by atoms with Gasteiger partial charge in [0.25, 0.3) is 0 Å². The molecule has 1 aromatic heterocycles. The third-order valence-corrected chi connectivity index (χ3v) is 3.63. The summed E-state index contributed by atoms with van der Waals surface area (Å²) in [6.07, 6.45) is 2.36. The Labute approximate surface area is 150 Å². The van der Waals surface area contributed by atoms with Gasteiger partial charge in [0.2, 0.25) is 11.9 Å². The number of carbonyl (C=O) groups excluding carboxylic acids is 2. The van der Waals surface area contributed by atoms with Crippen LogP contribution in [-0.4, -0.2) is 22.2 Å². The summed E-state index contributed by atoms with van der Waals surface area (Å²) >= 11 is 0. The number of anilines is 4. The van der Waals surface area contributed by atoms with Crippen LogP contribution in [0, 0.1) is 0 Å². The van der Waals surface area contributed by atoms with E-state index in [9.17, 15) is 9.59 Å². The molecule has 0 radical (unpaired) electrons. The smallest absolute Gasteiger partial charge is 0.227 e. The van der Waals surface area contributed by atoms with Crippen LogP contribution in [0.15, 0.2) is 54.7 Å². The molecular formula is C19H17N5O2. The number of aromatic nitrogens is 2. The second-order valence-corrected chi connectivity index (χ2v) is 5.61. The lowest BCUT2D eigenvalue weighted by Gasteiger charge is -2.09. The molecule has 1 amide bonds. The van der Waals surface area contributed by atoms with Crippen LogP contribution in [0.1, 0.15) is 17.3 Å². The summed E-state index contributed by atoms with van der Waals surface area (Å²) in [5, 5.41) is 5.79. The van der Waals surface area contributed by atoms with Crippen LogP contribution in [0.2, 0.25) is 0 Å². The Bertz CT molecular complexity index is 954. The van der Waals surface area contributed by atoms with E-state index in [0.29, 0.717) is 29.2 Å². The first-order valence-corrected chi connectivity index (χ1v) is 7.88. The Morgan fingerprint density at radius 1 is 1.08 bits per heavy atom. The highest BCUT2D eigenvalue weighted by Crippen LogP contribution is 2.23. The Kier molecular flexibility index (Phi) is 4.89. The Morgan fingerprint density at radius 2 is 1.81 bits per heavy atom. The van der Waals surface area contributed by atoms with Crippen molar-refractivity contribution < 1.29 is 9.59 Å².